The van der Waals surface area contributed by atoms with Crippen LogP contribution in [0.4, 0.5) is 5.69 Å². The van der Waals surface area contributed by atoms with E-state index < -0.39 is 11.8 Å². The van der Waals surface area contributed by atoms with E-state index in [1.165, 1.54) is 6.21 Å². The fraction of sp³-hybridized carbons (Fsp3) is 0.273. The van der Waals surface area contributed by atoms with E-state index in [4.69, 9.17) is 16.3 Å². The van der Waals surface area contributed by atoms with E-state index in [1.54, 1.807) is 18.2 Å². The molecule has 31 heavy (non-hydrogen) atoms. The van der Waals surface area contributed by atoms with E-state index in [9.17, 15) is 14.4 Å². The lowest BCUT2D eigenvalue weighted by atomic mass is 10.1. The second-order valence-electron chi connectivity index (χ2n) is 7.29. The molecule has 1 aliphatic rings. The zero-order valence-electron chi connectivity index (χ0n) is 17.2. The van der Waals surface area contributed by atoms with E-state index in [2.05, 4.69) is 21.2 Å². The molecule has 162 valence electrons. The molecule has 2 aromatic carbocycles. The number of carbonyl (C=O) groups excluding carboxylic acids is 3. The Bertz CT molecular complexity index is 1030. The number of halogens is 1. The second-order valence-corrected chi connectivity index (χ2v) is 7.70. The van der Waals surface area contributed by atoms with Crippen LogP contribution in [0, 0.1) is 13.8 Å². The van der Waals surface area contributed by atoms with Gasteiger partial charge in [-0.25, -0.2) is 5.43 Å². The lowest BCUT2D eigenvalue weighted by Crippen LogP contribution is -2.38. The van der Waals surface area contributed by atoms with Crippen molar-refractivity contribution in [3.8, 4) is 5.75 Å². The molecule has 0 heterocycles. The number of anilines is 1. The molecule has 3 rings (SSSR count). The summed E-state index contributed by atoms with van der Waals surface area (Å²) in [6.07, 6.45) is 3.13. The number of benzene rings is 2. The molecule has 1 fully saturated rings. The molecule has 3 N–H and O–H groups in total. The van der Waals surface area contributed by atoms with E-state index >= 15 is 0 Å². The summed E-state index contributed by atoms with van der Waals surface area (Å²) in [4.78, 5) is 35.3. The number of nitrogens with one attached hydrogen (secondary N) is 3. The number of aryl methyl sites for hydroxylation is 2. The third-order valence-corrected chi connectivity index (χ3v) is 4.76. The molecule has 0 atom stereocenters. The van der Waals surface area contributed by atoms with Crippen LogP contribution in [-0.4, -0.2) is 36.6 Å². The number of hydrogen-bond donors (Lipinski definition) is 3. The first-order valence-electron chi connectivity index (χ1n) is 9.75. The van der Waals surface area contributed by atoms with Crippen molar-refractivity contribution >= 4 is 41.2 Å². The highest BCUT2D eigenvalue weighted by atomic mass is 35.5. The van der Waals surface area contributed by atoms with Gasteiger partial charge in [0.05, 0.1) is 11.2 Å². The smallest absolute Gasteiger partial charge is 0.329 e. The van der Waals surface area contributed by atoms with Crippen LogP contribution in [0.3, 0.4) is 0 Å². The van der Waals surface area contributed by atoms with Crippen molar-refractivity contribution in [1.29, 1.82) is 0 Å². The molecule has 8 nitrogen and oxygen atoms in total. The number of rotatable bonds is 7. The zero-order chi connectivity index (χ0) is 22.4. The van der Waals surface area contributed by atoms with Crippen LogP contribution >= 0.6 is 11.6 Å². The molecule has 2 aromatic rings. The lowest BCUT2D eigenvalue weighted by Gasteiger charge is -2.11. The van der Waals surface area contributed by atoms with Gasteiger partial charge in [0, 0.05) is 11.7 Å². The van der Waals surface area contributed by atoms with Gasteiger partial charge in [-0.2, -0.15) is 5.10 Å². The largest absolute Gasteiger partial charge is 0.482 e. The lowest BCUT2D eigenvalue weighted by molar-refractivity contribution is -0.139. The highest BCUT2D eigenvalue weighted by Crippen LogP contribution is 2.25. The highest BCUT2D eigenvalue weighted by Gasteiger charge is 2.26. The van der Waals surface area contributed by atoms with Crippen molar-refractivity contribution in [2.45, 2.75) is 32.7 Å². The Morgan fingerprint density at radius 3 is 2.58 bits per heavy atom. The number of hydrazone groups is 1. The van der Waals surface area contributed by atoms with E-state index in [0.29, 0.717) is 11.3 Å². The number of amides is 3. The Morgan fingerprint density at radius 2 is 1.90 bits per heavy atom. The molecule has 0 radical (unpaired) electrons. The molecule has 0 spiro atoms. The Balaban J connectivity index is 1.48. The van der Waals surface area contributed by atoms with Crippen molar-refractivity contribution in [2.75, 3.05) is 11.9 Å². The standard InChI is InChI=1S/C22H23ClN4O4/c1-13-3-7-18(14(2)9-13)26-20(28)12-31-19-8-4-15(10-17(19)23)11-24-27-22(30)21(29)25-16-5-6-16/h3-4,7-11,16H,5-6,12H2,1-2H3,(H,25,29)(H,26,28)(H,27,30)/b24-11-. The zero-order valence-corrected chi connectivity index (χ0v) is 18.0. The first kappa shape index (κ1) is 22.3. The minimum absolute atomic E-state index is 0.0941. The van der Waals surface area contributed by atoms with Crippen LogP contribution in [0.15, 0.2) is 41.5 Å². The van der Waals surface area contributed by atoms with Crippen molar-refractivity contribution in [3.63, 3.8) is 0 Å². The van der Waals surface area contributed by atoms with Crippen molar-refractivity contribution in [3.05, 3.63) is 58.1 Å². The minimum atomic E-state index is -0.830. The molecular formula is C22H23ClN4O4. The summed E-state index contributed by atoms with van der Waals surface area (Å²) in [7, 11) is 0. The molecule has 0 saturated heterocycles. The van der Waals surface area contributed by atoms with Gasteiger partial charge in [0.1, 0.15) is 5.75 Å². The van der Waals surface area contributed by atoms with Gasteiger partial charge in [-0.3, -0.25) is 14.4 Å². The van der Waals surface area contributed by atoms with Crippen LogP contribution in [-0.2, 0) is 14.4 Å². The fourth-order valence-electron chi connectivity index (χ4n) is 2.69. The summed E-state index contributed by atoms with van der Waals surface area (Å²) in [5.74, 6) is -1.51. The molecule has 0 aliphatic heterocycles. The summed E-state index contributed by atoms with van der Waals surface area (Å²) < 4.78 is 5.50. The summed E-state index contributed by atoms with van der Waals surface area (Å²) in [5, 5.41) is 9.39. The summed E-state index contributed by atoms with van der Waals surface area (Å²) in [6, 6.07) is 10.7. The van der Waals surface area contributed by atoms with Crippen LogP contribution in [0.2, 0.25) is 5.02 Å². The molecule has 1 aliphatic carbocycles. The van der Waals surface area contributed by atoms with Gasteiger partial charge < -0.3 is 15.4 Å². The van der Waals surface area contributed by atoms with Gasteiger partial charge in [0.15, 0.2) is 6.61 Å². The van der Waals surface area contributed by atoms with Crippen molar-refractivity contribution in [1.82, 2.24) is 10.7 Å². The van der Waals surface area contributed by atoms with Gasteiger partial charge in [-0.05, 0) is 62.1 Å². The molecule has 0 bridgehead atoms. The molecule has 9 heteroatoms. The maximum absolute atomic E-state index is 12.2. The number of carbonyl (C=O) groups is 3. The van der Waals surface area contributed by atoms with E-state index in [0.717, 1.165) is 29.7 Å². The number of hydrogen-bond acceptors (Lipinski definition) is 5. The Hall–Kier alpha value is -3.39. The maximum atomic E-state index is 12.2. The highest BCUT2D eigenvalue weighted by molar-refractivity contribution is 6.35. The minimum Gasteiger partial charge on any atom is -0.482 e. The molecule has 1 saturated carbocycles. The quantitative estimate of drug-likeness (QED) is 0.348. The second kappa shape index (κ2) is 10.1. The molecule has 0 aromatic heterocycles. The predicted molar refractivity (Wildman–Crippen MR) is 118 cm³/mol. The van der Waals surface area contributed by atoms with Gasteiger partial charge in [-0.1, -0.05) is 29.3 Å². The van der Waals surface area contributed by atoms with Crippen LogP contribution in [0.25, 0.3) is 0 Å². The average Bonchev–Trinajstić information content (AvgIpc) is 3.53. The predicted octanol–water partition coefficient (Wildman–Crippen LogP) is 2.70. The number of nitrogens with zero attached hydrogens (tertiary/aromatic N) is 1. The number of ether oxygens (including phenoxy) is 1. The summed E-state index contributed by atoms with van der Waals surface area (Å²) in [6.45, 7) is 3.70. The van der Waals surface area contributed by atoms with E-state index in [1.807, 2.05) is 32.0 Å². The normalized spacial score (nSPS) is 13.0. The van der Waals surface area contributed by atoms with Crippen LogP contribution in [0.5, 0.6) is 5.75 Å². The fourth-order valence-corrected chi connectivity index (χ4v) is 2.94. The van der Waals surface area contributed by atoms with Gasteiger partial charge in [0.2, 0.25) is 0 Å². The average molecular weight is 443 g/mol. The van der Waals surface area contributed by atoms with Crippen LogP contribution < -0.4 is 20.8 Å². The third-order valence-electron chi connectivity index (χ3n) is 4.47. The van der Waals surface area contributed by atoms with E-state index in [-0.39, 0.29) is 23.6 Å². The molecule has 0 unspecified atom stereocenters. The Labute approximate surface area is 185 Å². The van der Waals surface area contributed by atoms with Crippen molar-refractivity contribution < 1.29 is 19.1 Å². The SMILES string of the molecule is Cc1ccc(NC(=O)COc2ccc(/C=N\NC(=O)C(=O)NC3CC3)cc2Cl)c(C)c1. The monoisotopic (exact) mass is 442 g/mol. The summed E-state index contributed by atoms with van der Waals surface area (Å²) in [5.41, 5.74) is 5.55. The Kier molecular flexibility index (Phi) is 7.25. The first-order chi connectivity index (χ1) is 14.8. The van der Waals surface area contributed by atoms with Gasteiger partial charge in [0.25, 0.3) is 5.91 Å². The molecular weight excluding hydrogens is 420 g/mol. The topological polar surface area (TPSA) is 109 Å². The van der Waals surface area contributed by atoms with Crippen molar-refractivity contribution in [2.24, 2.45) is 5.10 Å². The van der Waals surface area contributed by atoms with Crippen LogP contribution in [0.1, 0.15) is 29.5 Å². The third kappa shape index (κ3) is 6.82. The first-order valence-corrected chi connectivity index (χ1v) is 10.1. The Morgan fingerprint density at radius 1 is 1.13 bits per heavy atom. The molecule has 3 amide bonds. The van der Waals surface area contributed by atoms with Gasteiger partial charge >= 0.3 is 11.8 Å². The summed E-state index contributed by atoms with van der Waals surface area (Å²) >= 11 is 6.20. The maximum Gasteiger partial charge on any atom is 0.329 e. The van der Waals surface area contributed by atoms with Gasteiger partial charge in [-0.15, -0.1) is 0 Å².